The van der Waals surface area contributed by atoms with Gasteiger partial charge in [-0.2, -0.15) is 0 Å². The van der Waals surface area contributed by atoms with Crippen LogP contribution in [0.15, 0.2) is 48.7 Å². The number of benzene rings is 1. The van der Waals surface area contributed by atoms with E-state index in [-0.39, 0.29) is 0 Å². The normalized spacial score (nSPS) is 10.6. The Labute approximate surface area is 139 Å². The second-order valence-corrected chi connectivity index (χ2v) is 5.67. The van der Waals surface area contributed by atoms with Gasteiger partial charge in [-0.15, -0.1) is 0 Å². The van der Waals surface area contributed by atoms with Crippen LogP contribution >= 0.6 is 34.2 Å². The molecule has 3 nitrogen and oxygen atoms in total. The van der Waals surface area contributed by atoms with Crippen molar-refractivity contribution >= 4 is 34.2 Å². The Morgan fingerprint density at radius 3 is 2.43 bits per heavy atom. The second-order valence-electron chi connectivity index (χ2n) is 4.23. The quantitative estimate of drug-likeness (QED) is 0.457. The van der Waals surface area contributed by atoms with Crippen molar-refractivity contribution < 1.29 is 4.39 Å². The largest absolute Gasteiger partial charge is 0.250 e. The van der Waals surface area contributed by atoms with Gasteiger partial charge in [0, 0.05) is 5.56 Å². The van der Waals surface area contributed by atoms with Gasteiger partial charge in [-0.3, -0.25) is 0 Å². The molecular weight excluding hydrogens is 404 g/mol. The molecule has 0 N–H and O–H groups in total. The summed E-state index contributed by atoms with van der Waals surface area (Å²) in [5.41, 5.74) is 2.15. The van der Waals surface area contributed by atoms with Crippen molar-refractivity contribution in [3.05, 3.63) is 63.2 Å². The molecule has 0 aliphatic rings. The summed E-state index contributed by atoms with van der Waals surface area (Å²) in [6.45, 7) is 0. The Hall–Kier alpha value is -1.60. The molecule has 2 heterocycles. The predicted molar refractivity (Wildman–Crippen MR) is 88.4 cm³/mol. The molecule has 2 aromatic heterocycles. The number of rotatable bonds is 2. The number of halogens is 3. The van der Waals surface area contributed by atoms with Gasteiger partial charge in [0.2, 0.25) is 0 Å². The van der Waals surface area contributed by atoms with Gasteiger partial charge < -0.3 is 0 Å². The summed E-state index contributed by atoms with van der Waals surface area (Å²) in [5.74, 6) is -0.0297. The lowest BCUT2D eigenvalue weighted by Gasteiger charge is -2.08. The first kappa shape index (κ1) is 14.3. The predicted octanol–water partition coefficient (Wildman–Crippen LogP) is 4.60. The van der Waals surface area contributed by atoms with E-state index in [4.69, 9.17) is 11.6 Å². The van der Waals surface area contributed by atoms with E-state index in [2.05, 4.69) is 37.5 Å². The minimum atomic E-state index is -0.404. The van der Waals surface area contributed by atoms with Gasteiger partial charge in [0.15, 0.2) is 5.82 Å². The zero-order chi connectivity index (χ0) is 14.8. The number of nitrogens with zero attached hydrogens (tertiary/aromatic N) is 3. The molecule has 3 aromatic rings. The molecule has 0 unspecified atom stereocenters. The average molecular weight is 412 g/mol. The van der Waals surface area contributed by atoms with E-state index in [1.165, 1.54) is 12.1 Å². The third-order valence-electron chi connectivity index (χ3n) is 2.81. The van der Waals surface area contributed by atoms with Crippen LogP contribution in [0.5, 0.6) is 0 Å². The summed E-state index contributed by atoms with van der Waals surface area (Å²) in [4.78, 5) is 12.7. The second kappa shape index (κ2) is 6.03. The summed E-state index contributed by atoms with van der Waals surface area (Å²) < 4.78 is 13.7. The zero-order valence-corrected chi connectivity index (χ0v) is 13.5. The Bertz CT molecular complexity index is 779. The molecule has 1 aromatic carbocycles. The first-order valence-corrected chi connectivity index (χ1v) is 7.51. The third-order valence-corrected chi connectivity index (χ3v) is 4.43. The maximum Gasteiger partial charge on any atom is 0.180 e. The molecule has 0 radical (unpaired) electrons. The highest BCUT2D eigenvalue weighted by Crippen LogP contribution is 2.29. The smallest absolute Gasteiger partial charge is 0.180 e. The van der Waals surface area contributed by atoms with Crippen LogP contribution in [0.3, 0.4) is 0 Å². The van der Waals surface area contributed by atoms with E-state index >= 15 is 0 Å². The van der Waals surface area contributed by atoms with Crippen LogP contribution in [-0.4, -0.2) is 15.0 Å². The Kier molecular flexibility index (Phi) is 4.12. The van der Waals surface area contributed by atoms with E-state index in [0.29, 0.717) is 16.7 Å². The van der Waals surface area contributed by atoms with Crippen LogP contribution in [-0.2, 0) is 0 Å². The first-order chi connectivity index (χ1) is 10.1. The van der Waals surface area contributed by atoms with Crippen molar-refractivity contribution in [1.82, 2.24) is 15.0 Å². The highest BCUT2D eigenvalue weighted by atomic mass is 127. The molecule has 0 aliphatic heterocycles. The highest BCUT2D eigenvalue weighted by Gasteiger charge is 2.14. The van der Waals surface area contributed by atoms with E-state index in [9.17, 15) is 4.39 Å². The lowest BCUT2D eigenvalue weighted by Crippen LogP contribution is -1.98. The topological polar surface area (TPSA) is 38.7 Å². The van der Waals surface area contributed by atoms with E-state index in [1.54, 1.807) is 0 Å². The number of hydrogen-bond acceptors (Lipinski definition) is 3. The molecule has 0 spiro atoms. The fourth-order valence-corrected chi connectivity index (χ4v) is 2.55. The van der Waals surface area contributed by atoms with Crippen LogP contribution in [0.2, 0.25) is 5.15 Å². The lowest BCUT2D eigenvalue weighted by atomic mass is 10.1. The van der Waals surface area contributed by atoms with E-state index < -0.39 is 5.82 Å². The monoisotopic (exact) mass is 411 g/mol. The lowest BCUT2D eigenvalue weighted by molar-refractivity contribution is 0.621. The number of pyridine rings is 1. The van der Waals surface area contributed by atoms with E-state index in [1.807, 2.05) is 30.3 Å². The summed E-state index contributed by atoms with van der Waals surface area (Å²) in [6, 6.07) is 12.5. The molecule has 0 saturated heterocycles. The molecule has 0 fully saturated rings. The van der Waals surface area contributed by atoms with Crippen LogP contribution in [0.4, 0.5) is 4.39 Å². The van der Waals surface area contributed by atoms with Gasteiger partial charge in [-0.05, 0) is 34.7 Å². The zero-order valence-electron chi connectivity index (χ0n) is 10.6. The Morgan fingerprint density at radius 2 is 1.76 bits per heavy atom. The first-order valence-electron chi connectivity index (χ1n) is 6.05. The summed E-state index contributed by atoms with van der Waals surface area (Å²) in [7, 11) is 0. The van der Waals surface area contributed by atoms with Gasteiger partial charge in [0.1, 0.15) is 16.7 Å². The van der Waals surface area contributed by atoms with Gasteiger partial charge >= 0.3 is 0 Å². The average Bonchev–Trinajstić information content (AvgIpc) is 2.51. The summed E-state index contributed by atoms with van der Waals surface area (Å²) in [6.07, 6.45) is 1.13. The van der Waals surface area contributed by atoms with Crippen LogP contribution in [0.1, 0.15) is 0 Å². The standard InChI is InChI=1S/C15H8ClFIN3/c16-14-12(18)13(9-4-2-1-3-5-9)20-15(21-14)11-7-6-10(17)8-19-11/h1-8H. The van der Waals surface area contributed by atoms with Crippen molar-refractivity contribution in [3.63, 3.8) is 0 Å². The number of aromatic nitrogens is 3. The minimum Gasteiger partial charge on any atom is -0.250 e. The molecule has 3 rings (SSSR count). The SMILES string of the molecule is Fc1ccc(-c2nc(Cl)c(I)c(-c3ccccc3)n2)nc1. The van der Waals surface area contributed by atoms with Crippen molar-refractivity contribution in [2.24, 2.45) is 0 Å². The number of hydrogen-bond donors (Lipinski definition) is 0. The van der Waals surface area contributed by atoms with Gasteiger partial charge in [-0.1, -0.05) is 41.9 Å². The Morgan fingerprint density at radius 1 is 1.00 bits per heavy atom. The molecular formula is C15H8ClFIN3. The molecule has 0 bridgehead atoms. The van der Waals surface area contributed by atoms with Crippen LogP contribution < -0.4 is 0 Å². The fourth-order valence-electron chi connectivity index (χ4n) is 1.83. The van der Waals surface area contributed by atoms with Gasteiger partial charge in [0.05, 0.1) is 15.5 Å². The summed E-state index contributed by atoms with van der Waals surface area (Å²) >= 11 is 8.30. The fraction of sp³-hybridized carbons (Fsp3) is 0. The molecule has 0 aliphatic carbocycles. The molecule has 0 saturated carbocycles. The summed E-state index contributed by atoms with van der Waals surface area (Å²) in [5, 5.41) is 0.352. The van der Waals surface area contributed by atoms with Crippen LogP contribution in [0, 0.1) is 9.39 Å². The van der Waals surface area contributed by atoms with Crippen molar-refractivity contribution in [2.45, 2.75) is 0 Å². The van der Waals surface area contributed by atoms with Crippen LogP contribution in [0.25, 0.3) is 22.8 Å². The van der Waals surface area contributed by atoms with Crippen molar-refractivity contribution in [1.29, 1.82) is 0 Å². The molecule has 21 heavy (non-hydrogen) atoms. The molecule has 6 heteroatoms. The maximum atomic E-state index is 13.0. The van der Waals surface area contributed by atoms with E-state index in [0.717, 1.165) is 21.0 Å². The molecule has 104 valence electrons. The van der Waals surface area contributed by atoms with Crippen molar-refractivity contribution in [2.75, 3.05) is 0 Å². The van der Waals surface area contributed by atoms with Crippen molar-refractivity contribution in [3.8, 4) is 22.8 Å². The third kappa shape index (κ3) is 3.03. The minimum absolute atomic E-state index is 0.352. The molecule has 0 atom stereocenters. The highest BCUT2D eigenvalue weighted by molar-refractivity contribution is 14.1. The maximum absolute atomic E-state index is 13.0. The Balaban J connectivity index is 2.16. The van der Waals surface area contributed by atoms with Gasteiger partial charge in [-0.25, -0.2) is 19.3 Å². The molecule has 0 amide bonds. The van der Waals surface area contributed by atoms with Gasteiger partial charge in [0.25, 0.3) is 0 Å².